The molecule has 2 amide bonds. The lowest BCUT2D eigenvalue weighted by molar-refractivity contribution is -0.132. The van der Waals surface area contributed by atoms with Crippen LogP contribution in [0.4, 0.5) is 8.78 Å². The molecule has 0 bridgehead atoms. The van der Waals surface area contributed by atoms with Crippen molar-refractivity contribution in [3.63, 3.8) is 0 Å². The molecule has 0 aromatic heterocycles. The van der Waals surface area contributed by atoms with Crippen molar-refractivity contribution in [3.8, 4) is 5.75 Å². The van der Waals surface area contributed by atoms with Crippen molar-refractivity contribution < 1.29 is 23.1 Å². The van der Waals surface area contributed by atoms with E-state index in [1.54, 1.807) is 18.2 Å². The van der Waals surface area contributed by atoms with E-state index in [1.807, 2.05) is 13.0 Å². The molecule has 26 heavy (non-hydrogen) atoms. The van der Waals surface area contributed by atoms with Gasteiger partial charge in [-0.2, -0.15) is 0 Å². The second-order valence-electron chi connectivity index (χ2n) is 5.81. The van der Waals surface area contributed by atoms with E-state index in [0.717, 1.165) is 17.7 Å². The highest BCUT2D eigenvalue weighted by atomic mass is 19.2. The Bertz CT molecular complexity index is 811. The van der Waals surface area contributed by atoms with Crippen LogP contribution in [0.1, 0.15) is 24.1 Å². The molecule has 0 aliphatic heterocycles. The second-order valence-corrected chi connectivity index (χ2v) is 5.81. The first-order chi connectivity index (χ1) is 12.3. The van der Waals surface area contributed by atoms with Gasteiger partial charge in [-0.15, -0.1) is 0 Å². The number of halogens is 2. The van der Waals surface area contributed by atoms with Gasteiger partial charge in [-0.1, -0.05) is 18.2 Å². The predicted octanol–water partition coefficient (Wildman–Crippen LogP) is 2.64. The van der Waals surface area contributed by atoms with Gasteiger partial charge in [0.1, 0.15) is 11.8 Å². The van der Waals surface area contributed by atoms with Gasteiger partial charge in [-0.05, 0) is 49.2 Å². The van der Waals surface area contributed by atoms with E-state index in [9.17, 15) is 18.4 Å². The molecular weight excluding hydrogens is 342 g/mol. The molecule has 0 saturated heterocycles. The summed E-state index contributed by atoms with van der Waals surface area (Å²) in [7, 11) is 1.38. The number of aryl methyl sites for hydroxylation is 1. The van der Waals surface area contributed by atoms with E-state index in [0.29, 0.717) is 5.75 Å². The highest BCUT2D eigenvalue weighted by Crippen LogP contribution is 2.18. The van der Waals surface area contributed by atoms with E-state index in [1.165, 1.54) is 20.0 Å². The van der Waals surface area contributed by atoms with Crippen molar-refractivity contribution in [3.05, 3.63) is 65.2 Å². The van der Waals surface area contributed by atoms with Gasteiger partial charge in [-0.25, -0.2) is 8.78 Å². The third kappa shape index (κ3) is 4.78. The summed E-state index contributed by atoms with van der Waals surface area (Å²) in [6.45, 7) is 3.42. The van der Waals surface area contributed by atoms with Crippen LogP contribution < -0.4 is 15.4 Å². The lowest BCUT2D eigenvalue weighted by atomic mass is 10.1. The fourth-order valence-corrected chi connectivity index (χ4v) is 2.34. The standard InChI is InChI=1S/C19H20F2N2O3/c1-11-5-4-6-14(9-11)26-12(2)18(24)23-17(19(25)22-3)13-7-8-15(20)16(21)10-13/h4-10,12,17H,1-3H3,(H,22,25)(H,23,24). The van der Waals surface area contributed by atoms with Crippen LogP contribution in [0.25, 0.3) is 0 Å². The number of likely N-dealkylation sites (N-methyl/N-ethyl adjacent to an activating group) is 1. The summed E-state index contributed by atoms with van der Waals surface area (Å²) in [4.78, 5) is 24.5. The molecule has 2 N–H and O–H groups in total. The van der Waals surface area contributed by atoms with Crippen LogP contribution in [0.3, 0.4) is 0 Å². The fraction of sp³-hybridized carbons (Fsp3) is 0.263. The number of rotatable bonds is 6. The Hall–Kier alpha value is -2.96. The first kappa shape index (κ1) is 19.4. The Morgan fingerprint density at radius 3 is 2.38 bits per heavy atom. The van der Waals surface area contributed by atoms with Crippen LogP contribution in [0, 0.1) is 18.6 Å². The van der Waals surface area contributed by atoms with Gasteiger partial charge in [0.2, 0.25) is 5.91 Å². The number of hydrogen-bond acceptors (Lipinski definition) is 3. The number of hydrogen-bond donors (Lipinski definition) is 2. The number of nitrogens with one attached hydrogen (secondary N) is 2. The quantitative estimate of drug-likeness (QED) is 0.830. The maximum atomic E-state index is 13.5. The van der Waals surface area contributed by atoms with E-state index < -0.39 is 35.6 Å². The predicted molar refractivity (Wildman–Crippen MR) is 92.6 cm³/mol. The van der Waals surface area contributed by atoms with Gasteiger partial charge in [0, 0.05) is 7.05 Å². The zero-order chi connectivity index (χ0) is 19.3. The van der Waals surface area contributed by atoms with Crippen LogP contribution in [0.15, 0.2) is 42.5 Å². The molecule has 0 fully saturated rings. The fourth-order valence-electron chi connectivity index (χ4n) is 2.34. The molecule has 7 heteroatoms. The van der Waals surface area contributed by atoms with Gasteiger partial charge >= 0.3 is 0 Å². The van der Waals surface area contributed by atoms with Crippen LogP contribution >= 0.6 is 0 Å². The van der Waals surface area contributed by atoms with Crippen LogP contribution in [-0.2, 0) is 9.59 Å². The number of ether oxygens (including phenoxy) is 1. The lowest BCUT2D eigenvalue weighted by Gasteiger charge is -2.21. The number of carbonyl (C=O) groups excluding carboxylic acids is 2. The van der Waals surface area contributed by atoms with Gasteiger partial charge < -0.3 is 15.4 Å². The smallest absolute Gasteiger partial charge is 0.261 e. The summed E-state index contributed by atoms with van der Waals surface area (Å²) in [5, 5.41) is 4.89. The summed E-state index contributed by atoms with van der Waals surface area (Å²) in [5.74, 6) is -2.75. The van der Waals surface area contributed by atoms with Crippen LogP contribution in [-0.4, -0.2) is 25.0 Å². The monoisotopic (exact) mass is 362 g/mol. The summed E-state index contributed by atoms with van der Waals surface area (Å²) < 4.78 is 32.2. The molecule has 0 heterocycles. The highest BCUT2D eigenvalue weighted by molar-refractivity contribution is 5.90. The minimum Gasteiger partial charge on any atom is -0.481 e. The van der Waals surface area contributed by atoms with Crippen molar-refractivity contribution in [2.45, 2.75) is 26.0 Å². The molecule has 2 rings (SSSR count). The lowest BCUT2D eigenvalue weighted by Crippen LogP contribution is -2.44. The minimum absolute atomic E-state index is 0.124. The topological polar surface area (TPSA) is 67.4 Å². The first-order valence-electron chi connectivity index (χ1n) is 8.02. The van der Waals surface area contributed by atoms with Gasteiger partial charge in [0.15, 0.2) is 17.7 Å². The Balaban J connectivity index is 2.15. The summed E-state index contributed by atoms with van der Waals surface area (Å²) in [5.41, 5.74) is 1.10. The molecule has 0 spiro atoms. The van der Waals surface area contributed by atoms with Crippen LogP contribution in [0.2, 0.25) is 0 Å². The number of benzene rings is 2. The number of amides is 2. The van der Waals surface area contributed by atoms with Crippen molar-refractivity contribution >= 4 is 11.8 Å². The second kappa shape index (κ2) is 8.42. The Labute approximate surface area is 150 Å². The normalized spacial score (nSPS) is 12.8. The third-order valence-corrected chi connectivity index (χ3v) is 3.74. The zero-order valence-electron chi connectivity index (χ0n) is 14.7. The highest BCUT2D eigenvalue weighted by Gasteiger charge is 2.26. The molecule has 5 nitrogen and oxygen atoms in total. The average molecular weight is 362 g/mol. The maximum Gasteiger partial charge on any atom is 0.261 e. The van der Waals surface area contributed by atoms with E-state index in [2.05, 4.69) is 10.6 Å². The zero-order valence-corrected chi connectivity index (χ0v) is 14.7. The summed E-state index contributed by atoms with van der Waals surface area (Å²) >= 11 is 0. The SMILES string of the molecule is CNC(=O)C(NC(=O)C(C)Oc1cccc(C)c1)c1ccc(F)c(F)c1. The molecule has 0 aliphatic carbocycles. The first-order valence-corrected chi connectivity index (χ1v) is 8.02. The Morgan fingerprint density at radius 2 is 1.77 bits per heavy atom. The van der Waals surface area contributed by atoms with Crippen molar-refractivity contribution in [1.29, 1.82) is 0 Å². The van der Waals surface area contributed by atoms with Gasteiger partial charge in [0.25, 0.3) is 5.91 Å². The van der Waals surface area contributed by atoms with Gasteiger partial charge in [-0.3, -0.25) is 9.59 Å². The largest absolute Gasteiger partial charge is 0.481 e. The maximum absolute atomic E-state index is 13.5. The molecule has 0 radical (unpaired) electrons. The molecule has 2 aromatic carbocycles. The summed E-state index contributed by atoms with van der Waals surface area (Å²) in [6, 6.07) is 9.02. The Morgan fingerprint density at radius 1 is 1.04 bits per heavy atom. The Kier molecular flexibility index (Phi) is 6.27. The minimum atomic E-state index is -1.17. The number of carbonyl (C=O) groups is 2. The van der Waals surface area contributed by atoms with E-state index in [-0.39, 0.29) is 5.56 Å². The van der Waals surface area contributed by atoms with Crippen molar-refractivity contribution in [1.82, 2.24) is 10.6 Å². The average Bonchev–Trinajstić information content (AvgIpc) is 2.61. The van der Waals surface area contributed by atoms with Crippen molar-refractivity contribution in [2.24, 2.45) is 0 Å². The van der Waals surface area contributed by atoms with Gasteiger partial charge in [0.05, 0.1) is 0 Å². The molecule has 0 saturated carbocycles. The summed E-state index contributed by atoms with van der Waals surface area (Å²) in [6.07, 6.45) is -0.894. The molecule has 0 aliphatic rings. The van der Waals surface area contributed by atoms with E-state index in [4.69, 9.17) is 4.74 Å². The molecular formula is C19H20F2N2O3. The molecule has 138 valence electrons. The van der Waals surface area contributed by atoms with E-state index >= 15 is 0 Å². The van der Waals surface area contributed by atoms with Crippen molar-refractivity contribution in [2.75, 3.05) is 7.05 Å². The molecule has 2 atom stereocenters. The molecule has 2 unspecified atom stereocenters. The van der Waals surface area contributed by atoms with Crippen LogP contribution in [0.5, 0.6) is 5.75 Å². The molecule has 2 aromatic rings. The third-order valence-electron chi connectivity index (χ3n) is 3.74.